The van der Waals surface area contributed by atoms with Crippen LogP contribution in [-0.2, 0) is 0 Å². The highest BCUT2D eigenvalue weighted by molar-refractivity contribution is 14.1. The van der Waals surface area contributed by atoms with Gasteiger partial charge in [0.15, 0.2) is 5.82 Å². The third kappa shape index (κ3) is 1.62. The third-order valence-electron chi connectivity index (χ3n) is 1.45. The van der Waals surface area contributed by atoms with Gasteiger partial charge >= 0.3 is 0 Å². The van der Waals surface area contributed by atoms with Gasteiger partial charge in [0.2, 0.25) is 0 Å². The topological polar surface area (TPSA) is 69.6 Å². The van der Waals surface area contributed by atoms with Gasteiger partial charge in [0.05, 0.1) is 6.20 Å². The summed E-state index contributed by atoms with van der Waals surface area (Å²) in [5, 5.41) is 4.04. The molecule has 0 aliphatic heterocycles. The number of aromatic nitrogens is 4. The Kier molecular flexibility index (Phi) is 2.13. The molecule has 0 bridgehead atoms. The second kappa shape index (κ2) is 3.29. The molecular weight excluding hydrogens is 281 g/mol. The molecule has 0 saturated heterocycles. The minimum Gasteiger partial charge on any atom is -0.382 e. The van der Waals surface area contributed by atoms with Crippen LogP contribution in [0.1, 0.15) is 0 Å². The van der Waals surface area contributed by atoms with Gasteiger partial charge in [-0.2, -0.15) is 5.10 Å². The number of anilines is 1. The van der Waals surface area contributed by atoms with Gasteiger partial charge in [0.25, 0.3) is 0 Å². The van der Waals surface area contributed by atoms with Crippen molar-refractivity contribution in [3.05, 3.63) is 28.4 Å². The van der Waals surface area contributed by atoms with Crippen LogP contribution in [0.15, 0.2) is 24.7 Å². The number of hydrogen-bond donors (Lipinski definition) is 1. The maximum atomic E-state index is 5.52. The van der Waals surface area contributed by atoms with E-state index in [1.807, 2.05) is 6.07 Å². The molecule has 0 aromatic carbocycles. The Bertz CT molecular complexity index is 411. The molecule has 0 spiro atoms. The van der Waals surface area contributed by atoms with Crippen molar-refractivity contribution in [2.45, 2.75) is 0 Å². The van der Waals surface area contributed by atoms with Crippen LogP contribution in [0.5, 0.6) is 0 Å². The van der Waals surface area contributed by atoms with Crippen LogP contribution in [0.3, 0.4) is 0 Å². The normalized spacial score (nSPS) is 10.2. The van der Waals surface area contributed by atoms with Gasteiger partial charge in [-0.25, -0.2) is 14.6 Å². The van der Waals surface area contributed by atoms with Gasteiger partial charge in [-0.05, 0) is 28.7 Å². The Balaban J connectivity index is 2.57. The lowest BCUT2D eigenvalue weighted by molar-refractivity contribution is 0.831. The van der Waals surface area contributed by atoms with E-state index >= 15 is 0 Å². The SMILES string of the molecule is Nc1cnc(I)c(-n2cccn2)n1. The largest absolute Gasteiger partial charge is 0.382 e. The number of halogens is 1. The zero-order valence-corrected chi connectivity index (χ0v) is 8.71. The van der Waals surface area contributed by atoms with Gasteiger partial charge in [0, 0.05) is 12.4 Å². The van der Waals surface area contributed by atoms with E-state index in [1.165, 1.54) is 6.20 Å². The maximum absolute atomic E-state index is 5.52. The lowest BCUT2D eigenvalue weighted by atomic mass is 10.6. The standard InChI is InChI=1S/C7H6IN5/c8-6-7(12-5(9)4-10-6)13-3-1-2-11-13/h1-4H,(H2,9,12). The fourth-order valence-corrected chi connectivity index (χ4v) is 1.42. The van der Waals surface area contributed by atoms with Crippen LogP contribution >= 0.6 is 22.6 Å². The van der Waals surface area contributed by atoms with E-state index in [0.29, 0.717) is 11.6 Å². The first-order valence-electron chi connectivity index (χ1n) is 3.55. The molecule has 0 unspecified atom stereocenters. The third-order valence-corrected chi connectivity index (χ3v) is 2.21. The highest BCUT2D eigenvalue weighted by Gasteiger charge is 2.05. The Labute approximate surface area is 88.1 Å². The number of hydrogen-bond acceptors (Lipinski definition) is 4. The van der Waals surface area contributed by atoms with Gasteiger partial charge in [-0.3, -0.25) is 0 Å². The molecule has 2 heterocycles. The monoisotopic (exact) mass is 287 g/mol. The highest BCUT2D eigenvalue weighted by Crippen LogP contribution is 2.11. The van der Waals surface area contributed by atoms with Crippen molar-refractivity contribution in [1.29, 1.82) is 0 Å². The molecule has 2 rings (SSSR count). The lowest BCUT2D eigenvalue weighted by Crippen LogP contribution is -2.05. The molecule has 2 aromatic heterocycles. The average molecular weight is 287 g/mol. The summed E-state index contributed by atoms with van der Waals surface area (Å²) in [5.41, 5.74) is 5.52. The molecule has 5 nitrogen and oxygen atoms in total. The van der Waals surface area contributed by atoms with Crippen LogP contribution in [0.25, 0.3) is 5.82 Å². The minimum absolute atomic E-state index is 0.394. The molecule has 66 valence electrons. The van der Waals surface area contributed by atoms with Crippen LogP contribution in [-0.4, -0.2) is 19.7 Å². The van der Waals surface area contributed by atoms with E-state index in [0.717, 1.165) is 3.70 Å². The summed E-state index contributed by atoms with van der Waals surface area (Å²) < 4.78 is 2.40. The molecule has 0 radical (unpaired) electrons. The zero-order valence-electron chi connectivity index (χ0n) is 6.55. The predicted octanol–water partition coefficient (Wildman–Crippen LogP) is 0.849. The van der Waals surface area contributed by atoms with E-state index < -0.39 is 0 Å². The first-order chi connectivity index (χ1) is 6.27. The van der Waals surface area contributed by atoms with Crippen LogP contribution < -0.4 is 5.73 Å². The second-order valence-electron chi connectivity index (χ2n) is 2.36. The summed E-state index contributed by atoms with van der Waals surface area (Å²) in [6.45, 7) is 0. The molecule has 0 aliphatic carbocycles. The van der Waals surface area contributed by atoms with Gasteiger partial charge in [0.1, 0.15) is 9.52 Å². The van der Waals surface area contributed by atoms with Crippen molar-refractivity contribution in [2.75, 3.05) is 5.73 Å². The summed E-state index contributed by atoms with van der Waals surface area (Å²) in [7, 11) is 0. The van der Waals surface area contributed by atoms with E-state index in [1.54, 1.807) is 17.1 Å². The summed E-state index contributed by atoms with van der Waals surface area (Å²) in [6, 6.07) is 1.82. The van der Waals surface area contributed by atoms with Gasteiger partial charge in [-0.1, -0.05) is 0 Å². The summed E-state index contributed by atoms with van der Waals surface area (Å²) in [6.07, 6.45) is 5.00. The van der Waals surface area contributed by atoms with Crippen molar-refractivity contribution < 1.29 is 0 Å². The van der Waals surface area contributed by atoms with Crippen molar-refractivity contribution in [3.63, 3.8) is 0 Å². The molecule has 0 amide bonds. The molecule has 2 aromatic rings. The molecular formula is C7H6IN5. The Hall–Kier alpha value is -1.18. The van der Waals surface area contributed by atoms with Crippen molar-refractivity contribution in [1.82, 2.24) is 19.7 Å². The Morgan fingerprint density at radius 1 is 1.46 bits per heavy atom. The molecule has 0 aliphatic rings. The van der Waals surface area contributed by atoms with Gasteiger partial charge < -0.3 is 5.73 Å². The Morgan fingerprint density at radius 3 is 3.00 bits per heavy atom. The molecule has 0 fully saturated rings. The first kappa shape index (κ1) is 8.42. The molecule has 0 atom stereocenters. The molecule has 13 heavy (non-hydrogen) atoms. The number of rotatable bonds is 1. The van der Waals surface area contributed by atoms with E-state index in [4.69, 9.17) is 5.73 Å². The highest BCUT2D eigenvalue weighted by atomic mass is 127. The quantitative estimate of drug-likeness (QED) is 0.789. The number of nitrogens with two attached hydrogens (primary N) is 1. The summed E-state index contributed by atoms with van der Waals surface area (Å²) >= 11 is 2.09. The van der Waals surface area contributed by atoms with Crippen molar-refractivity contribution >= 4 is 28.4 Å². The van der Waals surface area contributed by atoms with Crippen molar-refractivity contribution in [3.8, 4) is 5.82 Å². The first-order valence-corrected chi connectivity index (χ1v) is 4.63. The van der Waals surface area contributed by atoms with E-state index in [2.05, 4.69) is 37.7 Å². The lowest BCUT2D eigenvalue weighted by Gasteiger charge is -2.02. The van der Waals surface area contributed by atoms with Crippen LogP contribution in [0.2, 0.25) is 0 Å². The molecule has 6 heteroatoms. The fourth-order valence-electron chi connectivity index (χ4n) is 0.918. The van der Waals surface area contributed by atoms with Gasteiger partial charge in [-0.15, -0.1) is 0 Å². The predicted molar refractivity (Wildman–Crippen MR) is 56.3 cm³/mol. The van der Waals surface area contributed by atoms with E-state index in [9.17, 15) is 0 Å². The zero-order chi connectivity index (χ0) is 9.26. The van der Waals surface area contributed by atoms with E-state index in [-0.39, 0.29) is 0 Å². The van der Waals surface area contributed by atoms with Crippen molar-refractivity contribution in [2.24, 2.45) is 0 Å². The summed E-state index contributed by atoms with van der Waals surface area (Å²) in [4.78, 5) is 8.20. The summed E-state index contributed by atoms with van der Waals surface area (Å²) in [5.74, 6) is 1.05. The maximum Gasteiger partial charge on any atom is 0.187 e. The fraction of sp³-hybridized carbons (Fsp3) is 0. The molecule has 0 saturated carbocycles. The number of nitrogens with zero attached hydrogens (tertiary/aromatic N) is 4. The minimum atomic E-state index is 0.394. The number of nitrogen functional groups attached to an aromatic ring is 1. The molecule has 2 N–H and O–H groups in total. The Morgan fingerprint density at radius 2 is 2.31 bits per heavy atom. The smallest absolute Gasteiger partial charge is 0.187 e. The average Bonchev–Trinajstić information content (AvgIpc) is 2.61. The second-order valence-corrected chi connectivity index (χ2v) is 3.38. The van der Waals surface area contributed by atoms with Crippen LogP contribution in [0, 0.1) is 3.70 Å². The van der Waals surface area contributed by atoms with Crippen LogP contribution in [0.4, 0.5) is 5.82 Å².